The highest BCUT2D eigenvalue weighted by Gasteiger charge is 2.49. The fourth-order valence-electron chi connectivity index (χ4n) is 8.41. The lowest BCUT2D eigenvalue weighted by Crippen LogP contribution is -2.49. The molecular formula is C37H37F3N6O4. The SMILES string of the molecule is C#Cc1c(F)ccc2cc(OC=O)cc(-c3ncc4c(N5CCC(N6CCOCC6)CC5)nc(OC[C@@]56CCCN5C[C@H](F)C6)nc4c3F)c12. The highest BCUT2D eigenvalue weighted by molar-refractivity contribution is 6.03. The summed E-state index contributed by atoms with van der Waals surface area (Å²) >= 11 is 0. The number of benzene rings is 2. The van der Waals surface area contributed by atoms with Gasteiger partial charge >= 0.3 is 6.01 Å². The molecule has 4 aromatic rings. The maximum Gasteiger partial charge on any atom is 0.319 e. The largest absolute Gasteiger partial charge is 0.461 e. The third-order valence-corrected chi connectivity index (χ3v) is 10.8. The second-order valence-corrected chi connectivity index (χ2v) is 13.6. The van der Waals surface area contributed by atoms with Crippen molar-refractivity contribution < 1.29 is 32.2 Å². The lowest BCUT2D eigenvalue weighted by Gasteiger charge is -2.40. The fourth-order valence-corrected chi connectivity index (χ4v) is 8.41. The van der Waals surface area contributed by atoms with Gasteiger partial charge in [0.05, 0.1) is 29.7 Å². The maximum absolute atomic E-state index is 17.0. The topological polar surface area (TPSA) is 93.2 Å². The van der Waals surface area contributed by atoms with E-state index in [9.17, 15) is 13.6 Å². The first-order valence-corrected chi connectivity index (χ1v) is 17.2. The monoisotopic (exact) mass is 686 g/mol. The first-order valence-electron chi connectivity index (χ1n) is 17.2. The summed E-state index contributed by atoms with van der Waals surface area (Å²) in [5, 5.41) is 1.07. The fraction of sp³-hybridized carbons (Fsp3) is 0.459. The molecule has 10 nitrogen and oxygen atoms in total. The van der Waals surface area contributed by atoms with E-state index >= 15 is 4.39 Å². The minimum atomic E-state index is -0.933. The van der Waals surface area contributed by atoms with E-state index in [4.69, 9.17) is 25.6 Å². The number of fused-ring (bicyclic) bond motifs is 3. The summed E-state index contributed by atoms with van der Waals surface area (Å²) in [6.07, 6.45) is 10.2. The minimum Gasteiger partial charge on any atom is -0.461 e. The van der Waals surface area contributed by atoms with E-state index in [0.29, 0.717) is 48.7 Å². The Kier molecular flexibility index (Phi) is 8.70. The number of alkyl halides is 1. The van der Waals surface area contributed by atoms with Crippen LogP contribution in [0.3, 0.4) is 0 Å². The molecule has 2 aromatic carbocycles. The molecule has 0 radical (unpaired) electrons. The van der Waals surface area contributed by atoms with Gasteiger partial charge in [-0.1, -0.05) is 12.0 Å². The summed E-state index contributed by atoms with van der Waals surface area (Å²) in [6.45, 7) is 6.21. The Bertz CT molecular complexity index is 1990. The average molecular weight is 687 g/mol. The minimum absolute atomic E-state index is 0.0133. The van der Waals surface area contributed by atoms with Crippen LogP contribution in [-0.4, -0.2) is 108 Å². The average Bonchev–Trinajstić information content (AvgIpc) is 3.67. The molecule has 6 heterocycles. The summed E-state index contributed by atoms with van der Waals surface area (Å²) in [5.74, 6) is 1.54. The van der Waals surface area contributed by atoms with Gasteiger partial charge in [0, 0.05) is 62.3 Å². The predicted octanol–water partition coefficient (Wildman–Crippen LogP) is 4.90. The van der Waals surface area contributed by atoms with Crippen LogP contribution >= 0.6 is 0 Å². The summed E-state index contributed by atoms with van der Waals surface area (Å²) in [6, 6.07) is 6.02. The third kappa shape index (κ3) is 5.79. The van der Waals surface area contributed by atoms with Gasteiger partial charge in [0.2, 0.25) is 0 Å². The summed E-state index contributed by atoms with van der Waals surface area (Å²) < 4.78 is 63.5. The molecule has 4 fully saturated rings. The van der Waals surface area contributed by atoms with E-state index in [2.05, 4.69) is 30.6 Å². The number of anilines is 1. The van der Waals surface area contributed by atoms with Gasteiger partial charge in [0.1, 0.15) is 41.4 Å². The van der Waals surface area contributed by atoms with Crippen molar-refractivity contribution in [2.24, 2.45) is 0 Å². The third-order valence-electron chi connectivity index (χ3n) is 10.8. The van der Waals surface area contributed by atoms with Crippen LogP contribution in [0.1, 0.15) is 37.7 Å². The Labute approximate surface area is 287 Å². The molecule has 4 saturated heterocycles. The number of rotatable bonds is 8. The molecule has 4 aliphatic heterocycles. The first kappa shape index (κ1) is 32.7. The molecule has 4 aliphatic rings. The molecule has 0 saturated carbocycles. The van der Waals surface area contributed by atoms with Crippen molar-refractivity contribution in [3.63, 3.8) is 0 Å². The number of carbonyl (C=O) groups excluding carboxylic acids is 1. The van der Waals surface area contributed by atoms with Crippen LogP contribution in [0.2, 0.25) is 0 Å². The number of carbonyl (C=O) groups is 1. The van der Waals surface area contributed by atoms with Gasteiger partial charge in [-0.3, -0.25) is 19.6 Å². The zero-order valence-electron chi connectivity index (χ0n) is 27.5. The van der Waals surface area contributed by atoms with Gasteiger partial charge in [0.25, 0.3) is 6.47 Å². The van der Waals surface area contributed by atoms with E-state index in [1.165, 1.54) is 30.5 Å². The molecule has 2 atom stereocenters. The molecule has 0 aliphatic carbocycles. The number of pyridine rings is 1. The quantitative estimate of drug-likeness (QED) is 0.188. The molecule has 0 unspecified atom stereocenters. The Morgan fingerprint density at radius 3 is 2.70 bits per heavy atom. The van der Waals surface area contributed by atoms with Gasteiger partial charge < -0.3 is 19.1 Å². The van der Waals surface area contributed by atoms with Gasteiger partial charge in [-0.15, -0.1) is 6.42 Å². The normalized spacial score (nSPS) is 23.3. The van der Waals surface area contributed by atoms with Gasteiger partial charge in [0.15, 0.2) is 5.82 Å². The van der Waals surface area contributed by atoms with Crippen molar-refractivity contribution in [3.05, 3.63) is 47.7 Å². The summed E-state index contributed by atoms with van der Waals surface area (Å²) in [7, 11) is 0. The zero-order chi connectivity index (χ0) is 34.4. The summed E-state index contributed by atoms with van der Waals surface area (Å²) in [5.41, 5.74) is -0.575. The number of piperidine rings is 1. The van der Waals surface area contributed by atoms with Crippen LogP contribution in [0.5, 0.6) is 11.8 Å². The molecule has 50 heavy (non-hydrogen) atoms. The van der Waals surface area contributed by atoms with Crippen LogP contribution < -0.4 is 14.4 Å². The molecule has 2 aromatic heterocycles. The van der Waals surface area contributed by atoms with Gasteiger partial charge in [-0.25, -0.2) is 13.2 Å². The maximum atomic E-state index is 17.0. The standard InChI is InChI=1S/C37H37F3N6O4/c1-2-27-30(39)5-4-23-16-26(50-22-47)17-28(31(23)27)33-32(40)34-29(19-41-33)35(45-10-6-25(7-11-45)44-12-14-48-15-13-44)43-36(42-34)49-21-37-8-3-9-46(37)20-24(38)18-37/h1,4-5,16-17,19,22,24-25H,3,6-15,18,20-21H2/t24-,37+/m1/s1. The van der Waals surface area contributed by atoms with Crippen molar-refractivity contribution in [2.45, 2.75) is 49.9 Å². The van der Waals surface area contributed by atoms with Crippen LogP contribution in [0.4, 0.5) is 19.0 Å². The lowest BCUT2D eigenvalue weighted by molar-refractivity contribution is -0.120. The van der Waals surface area contributed by atoms with Gasteiger partial charge in [-0.05, 0) is 55.8 Å². The van der Waals surface area contributed by atoms with Gasteiger partial charge in [-0.2, -0.15) is 9.97 Å². The number of terminal acetylenes is 1. The van der Waals surface area contributed by atoms with Crippen molar-refractivity contribution in [1.29, 1.82) is 0 Å². The summed E-state index contributed by atoms with van der Waals surface area (Å²) in [4.78, 5) is 32.0. The number of hydrogen-bond donors (Lipinski definition) is 0. The van der Waals surface area contributed by atoms with E-state index in [0.717, 1.165) is 58.5 Å². The number of aromatic nitrogens is 3. The van der Waals surface area contributed by atoms with Crippen molar-refractivity contribution in [3.8, 4) is 35.4 Å². The predicted molar refractivity (Wildman–Crippen MR) is 181 cm³/mol. The number of nitrogens with zero attached hydrogens (tertiary/aromatic N) is 6. The first-order chi connectivity index (χ1) is 24.4. The van der Waals surface area contributed by atoms with E-state index < -0.39 is 23.3 Å². The second-order valence-electron chi connectivity index (χ2n) is 13.6. The number of hydrogen-bond acceptors (Lipinski definition) is 10. The zero-order valence-corrected chi connectivity index (χ0v) is 27.5. The number of halogens is 3. The molecule has 13 heteroatoms. The molecule has 0 N–H and O–H groups in total. The molecule has 0 amide bonds. The van der Waals surface area contributed by atoms with E-state index in [1.807, 2.05) is 0 Å². The molecule has 8 rings (SSSR count). The number of ether oxygens (including phenoxy) is 3. The highest BCUT2D eigenvalue weighted by Crippen LogP contribution is 2.42. The van der Waals surface area contributed by atoms with Crippen LogP contribution in [0.15, 0.2) is 30.5 Å². The van der Waals surface area contributed by atoms with Crippen LogP contribution in [-0.2, 0) is 9.53 Å². The van der Waals surface area contributed by atoms with Crippen LogP contribution in [0.25, 0.3) is 32.9 Å². The second kappa shape index (κ2) is 13.3. The van der Waals surface area contributed by atoms with Crippen molar-refractivity contribution in [1.82, 2.24) is 24.8 Å². The number of morpholine rings is 1. The molecule has 0 bridgehead atoms. The Balaban J connectivity index is 1.22. The van der Waals surface area contributed by atoms with Crippen molar-refractivity contribution >= 4 is 34.0 Å². The molecule has 0 spiro atoms. The van der Waals surface area contributed by atoms with Crippen molar-refractivity contribution in [2.75, 3.05) is 64.0 Å². The Morgan fingerprint density at radius 2 is 1.92 bits per heavy atom. The molecule has 260 valence electrons. The lowest BCUT2D eigenvalue weighted by atomic mass is 9.95. The Morgan fingerprint density at radius 1 is 1.10 bits per heavy atom. The van der Waals surface area contributed by atoms with Crippen LogP contribution in [0, 0.1) is 24.0 Å². The van der Waals surface area contributed by atoms with E-state index in [1.54, 1.807) is 0 Å². The molecular weight excluding hydrogens is 649 g/mol. The van der Waals surface area contributed by atoms with E-state index in [-0.39, 0.29) is 52.6 Å². The Hall–Kier alpha value is -4.51. The smallest absolute Gasteiger partial charge is 0.319 e. The highest BCUT2D eigenvalue weighted by atomic mass is 19.1.